The fourth-order valence-electron chi connectivity index (χ4n) is 3.77. The van der Waals surface area contributed by atoms with Crippen LogP contribution in [0.15, 0.2) is 63.7 Å². The average Bonchev–Trinajstić information content (AvgIpc) is 2.67. The standard InChI is InChI=1S/C19H14O10S3.Na/c1-2-7-29-14-8-15(30(20,21)22)11-5-6-13-17(32(26,27)28)9-16(31(23,24)25)12-4-3-10(14)18(11)19(12)13;/h2-6,8-9H,1,7H2,(H,20,21,22)(H,23,24,25)(H,26,27,28);. The van der Waals surface area contributed by atoms with Crippen LogP contribution in [0.1, 0.15) is 0 Å². The van der Waals surface area contributed by atoms with E-state index in [1.54, 1.807) is 0 Å². The van der Waals surface area contributed by atoms with Crippen LogP contribution in [0.2, 0.25) is 0 Å². The molecule has 0 saturated carbocycles. The molecule has 0 bridgehead atoms. The van der Waals surface area contributed by atoms with E-state index in [1.807, 2.05) is 0 Å². The van der Waals surface area contributed by atoms with Crippen LogP contribution in [0, 0.1) is 0 Å². The van der Waals surface area contributed by atoms with Gasteiger partial charge in [-0.1, -0.05) is 30.9 Å². The average molecular weight is 522 g/mol. The van der Waals surface area contributed by atoms with Gasteiger partial charge in [-0.3, -0.25) is 13.7 Å². The molecule has 0 spiro atoms. The van der Waals surface area contributed by atoms with Gasteiger partial charge in [0, 0.05) is 67.9 Å². The van der Waals surface area contributed by atoms with Crippen LogP contribution >= 0.6 is 0 Å². The van der Waals surface area contributed by atoms with Crippen molar-refractivity contribution in [3.8, 4) is 5.75 Å². The second-order valence-electron chi connectivity index (χ2n) is 6.84. The van der Waals surface area contributed by atoms with Crippen LogP contribution in [-0.2, 0) is 30.4 Å². The molecule has 3 N–H and O–H groups in total. The number of rotatable bonds is 6. The number of hydrogen-bond acceptors (Lipinski definition) is 7. The van der Waals surface area contributed by atoms with Crippen molar-refractivity contribution in [1.82, 2.24) is 0 Å². The first-order chi connectivity index (χ1) is 14.7. The molecule has 0 aromatic heterocycles. The quantitative estimate of drug-likeness (QED) is 0.148. The normalized spacial score (nSPS) is 12.8. The van der Waals surface area contributed by atoms with Crippen molar-refractivity contribution in [2.75, 3.05) is 6.61 Å². The zero-order valence-corrected chi connectivity index (χ0v) is 21.3. The predicted octanol–water partition coefficient (Wildman–Crippen LogP) is 2.51. The zero-order valence-electron chi connectivity index (χ0n) is 16.9. The second kappa shape index (κ2) is 8.45. The van der Waals surface area contributed by atoms with Crippen molar-refractivity contribution >= 4 is 92.2 Å². The fourth-order valence-corrected chi connectivity index (χ4v) is 5.98. The van der Waals surface area contributed by atoms with E-state index in [9.17, 15) is 38.9 Å². The first-order valence-corrected chi connectivity index (χ1v) is 13.0. The smallest absolute Gasteiger partial charge is 0.295 e. The van der Waals surface area contributed by atoms with Gasteiger partial charge in [0.25, 0.3) is 30.4 Å². The number of benzene rings is 4. The molecule has 0 aliphatic rings. The summed E-state index contributed by atoms with van der Waals surface area (Å²) in [7, 11) is -14.7. The SMILES string of the molecule is C=CCOc1cc(S(=O)(=O)O)c2ccc3c(S(=O)(=O)O)cc(S(=O)(=O)O)c4ccc1c2c43.[Na]. The fraction of sp³-hybridized carbons (Fsp3) is 0.0526. The summed E-state index contributed by atoms with van der Waals surface area (Å²) in [5.74, 6) is -0.00918. The predicted molar refractivity (Wildman–Crippen MR) is 121 cm³/mol. The van der Waals surface area contributed by atoms with Crippen molar-refractivity contribution in [3.05, 3.63) is 49.1 Å². The number of ether oxygens (including phenoxy) is 1. The molecular formula is C19H14NaO10S3. The van der Waals surface area contributed by atoms with E-state index in [0.717, 1.165) is 6.07 Å². The molecule has 0 amide bonds. The maximum Gasteiger partial charge on any atom is 0.295 e. The maximum atomic E-state index is 12.1. The molecule has 4 rings (SSSR count). The van der Waals surface area contributed by atoms with E-state index in [0.29, 0.717) is 6.07 Å². The Hall–Kier alpha value is -1.81. The molecular weight excluding hydrogens is 507 g/mol. The van der Waals surface area contributed by atoms with E-state index in [1.165, 1.54) is 30.3 Å². The minimum atomic E-state index is -4.96. The van der Waals surface area contributed by atoms with Crippen LogP contribution in [-0.4, -0.2) is 75.1 Å². The zero-order chi connectivity index (χ0) is 23.6. The Morgan fingerprint density at radius 3 is 1.45 bits per heavy atom. The Labute approximate surface area is 210 Å². The molecule has 0 unspecified atom stereocenters. The van der Waals surface area contributed by atoms with Gasteiger partial charge in [0.15, 0.2) is 0 Å². The van der Waals surface area contributed by atoms with Crippen LogP contribution in [0.5, 0.6) is 5.75 Å². The molecule has 0 atom stereocenters. The first kappa shape index (κ1) is 25.8. The van der Waals surface area contributed by atoms with Gasteiger partial charge in [0.2, 0.25) is 0 Å². The molecule has 0 aliphatic carbocycles. The van der Waals surface area contributed by atoms with Crippen molar-refractivity contribution < 1.29 is 43.6 Å². The largest absolute Gasteiger partial charge is 0.489 e. The van der Waals surface area contributed by atoms with Gasteiger partial charge in [-0.15, -0.1) is 0 Å². The Kier molecular flexibility index (Phi) is 6.60. The summed E-state index contributed by atoms with van der Waals surface area (Å²) in [5.41, 5.74) is 0. The van der Waals surface area contributed by atoms with Gasteiger partial charge in [-0.05, 0) is 12.1 Å². The third kappa shape index (κ3) is 4.36. The van der Waals surface area contributed by atoms with Gasteiger partial charge < -0.3 is 4.74 Å². The molecule has 0 aliphatic heterocycles. The van der Waals surface area contributed by atoms with E-state index < -0.39 is 45.0 Å². The van der Waals surface area contributed by atoms with Crippen molar-refractivity contribution in [2.45, 2.75) is 14.7 Å². The number of hydrogen-bond donors (Lipinski definition) is 3. The second-order valence-corrected chi connectivity index (χ2v) is 11.0. The molecule has 0 fully saturated rings. The van der Waals surface area contributed by atoms with E-state index in [4.69, 9.17) is 4.74 Å². The molecule has 10 nitrogen and oxygen atoms in total. The van der Waals surface area contributed by atoms with E-state index in [2.05, 4.69) is 6.58 Å². The van der Waals surface area contributed by atoms with E-state index in [-0.39, 0.29) is 74.2 Å². The summed E-state index contributed by atoms with van der Waals surface area (Å²) in [6.45, 7) is 3.46. The monoisotopic (exact) mass is 521 g/mol. The third-order valence-electron chi connectivity index (χ3n) is 4.94. The third-order valence-corrected chi connectivity index (χ3v) is 7.62. The first-order valence-electron chi connectivity index (χ1n) is 8.70. The van der Waals surface area contributed by atoms with E-state index >= 15 is 0 Å². The summed E-state index contributed by atoms with van der Waals surface area (Å²) in [6, 6.07) is 6.76. The summed E-state index contributed by atoms with van der Waals surface area (Å²) < 4.78 is 107. The Bertz CT molecular complexity index is 1710. The Morgan fingerprint density at radius 1 is 0.697 bits per heavy atom. The molecule has 33 heavy (non-hydrogen) atoms. The molecule has 0 heterocycles. The van der Waals surface area contributed by atoms with Gasteiger partial charge in [-0.25, -0.2) is 0 Å². The van der Waals surface area contributed by atoms with Gasteiger partial charge >= 0.3 is 0 Å². The van der Waals surface area contributed by atoms with Crippen molar-refractivity contribution in [2.24, 2.45) is 0 Å². The molecule has 169 valence electrons. The molecule has 4 aromatic rings. The Balaban J connectivity index is 0.00000306. The topological polar surface area (TPSA) is 172 Å². The van der Waals surface area contributed by atoms with Gasteiger partial charge in [0.1, 0.15) is 27.0 Å². The van der Waals surface area contributed by atoms with Crippen LogP contribution < -0.4 is 4.74 Å². The summed E-state index contributed by atoms with van der Waals surface area (Å²) >= 11 is 0. The van der Waals surface area contributed by atoms with Crippen LogP contribution in [0.3, 0.4) is 0 Å². The molecule has 1 radical (unpaired) electrons. The minimum absolute atomic E-state index is 0. The van der Waals surface area contributed by atoms with Crippen molar-refractivity contribution in [3.63, 3.8) is 0 Å². The minimum Gasteiger partial charge on any atom is -0.489 e. The summed E-state index contributed by atoms with van der Waals surface area (Å²) in [6.07, 6.45) is 1.39. The van der Waals surface area contributed by atoms with Crippen LogP contribution in [0.4, 0.5) is 0 Å². The molecule has 4 aromatic carbocycles. The van der Waals surface area contributed by atoms with Gasteiger partial charge in [0.05, 0.1) is 0 Å². The van der Waals surface area contributed by atoms with Crippen molar-refractivity contribution in [1.29, 1.82) is 0 Å². The summed E-state index contributed by atoms with van der Waals surface area (Å²) in [4.78, 5) is -2.18. The Morgan fingerprint density at radius 2 is 1.06 bits per heavy atom. The maximum absolute atomic E-state index is 12.1. The molecule has 14 heteroatoms. The van der Waals surface area contributed by atoms with Crippen LogP contribution in [0.25, 0.3) is 32.3 Å². The molecule has 0 saturated heterocycles. The van der Waals surface area contributed by atoms with Gasteiger partial charge in [-0.2, -0.15) is 25.3 Å². The summed E-state index contributed by atoms with van der Waals surface area (Å²) in [5, 5.41) is -0.0759.